The summed E-state index contributed by atoms with van der Waals surface area (Å²) in [6.45, 7) is 0. The van der Waals surface area contributed by atoms with E-state index < -0.39 is 11.9 Å². The van der Waals surface area contributed by atoms with Gasteiger partial charge in [0.1, 0.15) is 0 Å². The molecule has 0 bridgehead atoms. The van der Waals surface area contributed by atoms with Gasteiger partial charge in [0.15, 0.2) is 5.75 Å². The second-order valence-electron chi connectivity index (χ2n) is 5.26. The molecule has 1 amide bonds. The molecule has 0 spiro atoms. The van der Waals surface area contributed by atoms with Crippen LogP contribution in [0.15, 0.2) is 71.9 Å². The van der Waals surface area contributed by atoms with E-state index >= 15 is 0 Å². The Morgan fingerprint density at radius 3 is 2.68 bits per heavy atom. The Bertz CT molecular complexity index is 1050. The van der Waals surface area contributed by atoms with Crippen LogP contribution in [0.25, 0.3) is 0 Å². The third kappa shape index (κ3) is 5.15. The quantitative estimate of drug-likeness (QED) is 0.203. The fourth-order valence-electron chi connectivity index (χ4n) is 2.08. The van der Waals surface area contributed by atoms with Crippen molar-refractivity contribution in [1.29, 1.82) is 0 Å². The van der Waals surface area contributed by atoms with Crippen LogP contribution in [0.2, 0.25) is 0 Å². The highest BCUT2D eigenvalue weighted by molar-refractivity contribution is 9.11. The van der Waals surface area contributed by atoms with Gasteiger partial charge in [0.2, 0.25) is 5.76 Å². The van der Waals surface area contributed by atoms with E-state index in [1.54, 1.807) is 30.5 Å². The number of nitrogens with one attached hydrogen (secondary N) is 1. The van der Waals surface area contributed by atoms with Crippen LogP contribution < -0.4 is 10.2 Å². The highest BCUT2D eigenvalue weighted by atomic mass is 79.9. The number of esters is 1. The lowest BCUT2D eigenvalue weighted by Crippen LogP contribution is -2.18. The van der Waals surface area contributed by atoms with Gasteiger partial charge in [-0.05, 0) is 62.2 Å². The molecule has 0 fully saturated rings. The Morgan fingerprint density at radius 1 is 1.14 bits per heavy atom. The van der Waals surface area contributed by atoms with Gasteiger partial charge >= 0.3 is 5.97 Å². The topological polar surface area (TPSA) is 93.8 Å². The van der Waals surface area contributed by atoms with Crippen molar-refractivity contribution in [1.82, 2.24) is 10.4 Å². The second kappa shape index (κ2) is 9.26. The monoisotopic (exact) mass is 569 g/mol. The molecule has 0 radical (unpaired) electrons. The van der Waals surface area contributed by atoms with E-state index in [1.807, 2.05) is 0 Å². The molecule has 0 saturated heterocycles. The molecule has 7 nitrogen and oxygen atoms in total. The maximum atomic E-state index is 12.2. The molecule has 2 heterocycles. The SMILES string of the molecule is O=C(N/N=C/c1cc(Br)cc(Br)c1OC(=O)c1ccco1)c1cncc(Br)c1. The Hall–Kier alpha value is -2.30. The molecule has 0 aliphatic heterocycles. The predicted molar refractivity (Wildman–Crippen MR) is 113 cm³/mol. The van der Waals surface area contributed by atoms with Crippen molar-refractivity contribution in [3.8, 4) is 5.75 Å². The zero-order valence-electron chi connectivity index (χ0n) is 13.9. The highest BCUT2D eigenvalue weighted by Crippen LogP contribution is 2.32. The number of hydrazone groups is 1. The van der Waals surface area contributed by atoms with Crippen molar-refractivity contribution in [3.05, 3.63) is 79.3 Å². The molecular weight excluding hydrogens is 562 g/mol. The number of carbonyl (C=O) groups is 2. The molecule has 0 atom stereocenters. The molecule has 0 saturated carbocycles. The lowest BCUT2D eigenvalue weighted by molar-refractivity contribution is 0.0699. The zero-order chi connectivity index (χ0) is 20.1. The first-order valence-electron chi connectivity index (χ1n) is 7.62. The summed E-state index contributed by atoms with van der Waals surface area (Å²) < 4.78 is 12.4. The van der Waals surface area contributed by atoms with Crippen molar-refractivity contribution in [2.75, 3.05) is 0 Å². The van der Waals surface area contributed by atoms with Crippen LogP contribution in [0.1, 0.15) is 26.5 Å². The molecule has 1 N–H and O–H groups in total. The lowest BCUT2D eigenvalue weighted by Gasteiger charge is -2.09. The average molecular weight is 572 g/mol. The molecule has 142 valence electrons. The minimum absolute atomic E-state index is 0.0631. The highest BCUT2D eigenvalue weighted by Gasteiger charge is 2.17. The Balaban J connectivity index is 1.79. The van der Waals surface area contributed by atoms with Gasteiger partial charge < -0.3 is 9.15 Å². The first-order chi connectivity index (χ1) is 13.4. The smallest absolute Gasteiger partial charge is 0.379 e. The average Bonchev–Trinajstić information content (AvgIpc) is 3.19. The molecule has 28 heavy (non-hydrogen) atoms. The Morgan fingerprint density at radius 2 is 1.96 bits per heavy atom. The van der Waals surface area contributed by atoms with Crippen molar-refractivity contribution in [3.63, 3.8) is 0 Å². The minimum Gasteiger partial charge on any atom is -0.457 e. The summed E-state index contributed by atoms with van der Waals surface area (Å²) in [5, 5.41) is 3.94. The van der Waals surface area contributed by atoms with E-state index in [2.05, 4.69) is 63.3 Å². The molecule has 0 aliphatic rings. The number of hydrogen-bond donors (Lipinski definition) is 1. The summed E-state index contributed by atoms with van der Waals surface area (Å²) in [5.74, 6) is -0.806. The number of halogens is 3. The van der Waals surface area contributed by atoms with Crippen molar-refractivity contribution in [2.24, 2.45) is 5.10 Å². The second-order valence-corrected chi connectivity index (χ2v) is 7.95. The number of amides is 1. The maximum absolute atomic E-state index is 12.2. The van der Waals surface area contributed by atoms with E-state index in [0.29, 0.717) is 20.1 Å². The summed E-state index contributed by atoms with van der Waals surface area (Å²) in [7, 11) is 0. The minimum atomic E-state index is -0.660. The van der Waals surface area contributed by atoms with E-state index in [9.17, 15) is 9.59 Å². The summed E-state index contributed by atoms with van der Waals surface area (Å²) >= 11 is 9.97. The van der Waals surface area contributed by atoms with Gasteiger partial charge in [0.25, 0.3) is 5.91 Å². The van der Waals surface area contributed by atoms with Gasteiger partial charge in [0.05, 0.1) is 22.5 Å². The van der Waals surface area contributed by atoms with Crippen molar-refractivity contribution in [2.45, 2.75) is 0 Å². The zero-order valence-corrected chi connectivity index (χ0v) is 18.6. The molecule has 10 heteroatoms. The number of furan rings is 1. The fourth-order valence-corrected chi connectivity index (χ4v) is 3.79. The van der Waals surface area contributed by atoms with Crippen LogP contribution in [0.3, 0.4) is 0 Å². The van der Waals surface area contributed by atoms with E-state index in [1.165, 1.54) is 24.7 Å². The number of carbonyl (C=O) groups excluding carboxylic acids is 2. The number of nitrogens with zero attached hydrogens (tertiary/aromatic N) is 2. The summed E-state index contributed by atoms with van der Waals surface area (Å²) in [4.78, 5) is 28.3. The molecule has 3 rings (SSSR count). The van der Waals surface area contributed by atoms with Crippen molar-refractivity contribution >= 4 is 65.9 Å². The number of aromatic nitrogens is 1. The maximum Gasteiger partial charge on any atom is 0.379 e. The van der Waals surface area contributed by atoms with Gasteiger partial charge in [0, 0.05) is 26.9 Å². The van der Waals surface area contributed by atoms with Gasteiger partial charge in [-0.3, -0.25) is 9.78 Å². The summed E-state index contributed by atoms with van der Waals surface area (Å²) in [6, 6.07) is 8.10. The summed E-state index contributed by atoms with van der Waals surface area (Å²) in [5.41, 5.74) is 3.19. The fraction of sp³-hybridized carbons (Fsp3) is 0. The van der Waals surface area contributed by atoms with Gasteiger partial charge in [-0.1, -0.05) is 15.9 Å². The normalized spacial score (nSPS) is 10.8. The Labute approximate surface area is 184 Å². The van der Waals surface area contributed by atoms with Crippen LogP contribution in [0, 0.1) is 0 Å². The molecule has 0 aliphatic carbocycles. The van der Waals surface area contributed by atoms with E-state index in [4.69, 9.17) is 9.15 Å². The van der Waals surface area contributed by atoms with Crippen LogP contribution in [-0.2, 0) is 0 Å². The molecule has 3 aromatic rings. The number of pyridine rings is 1. The van der Waals surface area contributed by atoms with Crippen LogP contribution in [0.5, 0.6) is 5.75 Å². The van der Waals surface area contributed by atoms with Crippen LogP contribution in [0.4, 0.5) is 0 Å². The molecule has 0 unspecified atom stereocenters. The van der Waals surface area contributed by atoms with Gasteiger partial charge in [-0.25, -0.2) is 10.2 Å². The van der Waals surface area contributed by atoms with Gasteiger partial charge in [-0.2, -0.15) is 5.10 Å². The third-order valence-electron chi connectivity index (χ3n) is 3.29. The first-order valence-corrected chi connectivity index (χ1v) is 10.0. The van der Waals surface area contributed by atoms with Gasteiger partial charge in [-0.15, -0.1) is 0 Å². The predicted octanol–water partition coefficient (Wildman–Crippen LogP) is 4.95. The number of hydrogen-bond acceptors (Lipinski definition) is 6. The lowest BCUT2D eigenvalue weighted by atomic mass is 10.2. The standard InChI is InChI=1S/C18H10Br3N3O4/c19-12-4-10(8-23-24-17(25)11-5-13(20)9-22-7-11)16(14(21)6-12)28-18(26)15-2-1-3-27-15/h1-9H,(H,24,25)/b23-8+. The summed E-state index contributed by atoms with van der Waals surface area (Å²) in [6.07, 6.45) is 5.73. The van der Waals surface area contributed by atoms with E-state index in [-0.39, 0.29) is 11.5 Å². The number of rotatable bonds is 5. The molecular formula is C18H10Br3N3O4. The van der Waals surface area contributed by atoms with E-state index in [0.717, 1.165) is 4.47 Å². The van der Waals surface area contributed by atoms with Crippen LogP contribution >= 0.6 is 47.8 Å². The number of benzene rings is 1. The molecule has 1 aromatic carbocycles. The Kier molecular flexibility index (Phi) is 6.76. The molecule has 2 aromatic heterocycles. The number of ether oxygens (including phenoxy) is 1. The first kappa shape index (κ1) is 20.4. The third-order valence-corrected chi connectivity index (χ3v) is 4.77. The van der Waals surface area contributed by atoms with Crippen LogP contribution in [-0.4, -0.2) is 23.1 Å². The van der Waals surface area contributed by atoms with Crippen molar-refractivity contribution < 1.29 is 18.7 Å². The largest absolute Gasteiger partial charge is 0.457 e.